The van der Waals surface area contributed by atoms with Crippen molar-refractivity contribution in [3.8, 4) is 0 Å². The molecule has 0 aromatic rings. The van der Waals surface area contributed by atoms with Crippen LogP contribution in [0.1, 0.15) is 13.8 Å². The van der Waals surface area contributed by atoms with Crippen LogP contribution in [0.15, 0.2) is 24.8 Å². The fourth-order valence-electron chi connectivity index (χ4n) is 0.529. The summed E-state index contributed by atoms with van der Waals surface area (Å²) < 4.78 is 4.80. The molecule has 1 unspecified atom stereocenters. The highest BCUT2D eigenvalue weighted by atomic mass is 16.5. The van der Waals surface area contributed by atoms with Gasteiger partial charge < -0.3 is 4.74 Å². The van der Waals surface area contributed by atoms with E-state index in [9.17, 15) is 4.79 Å². The summed E-state index contributed by atoms with van der Waals surface area (Å²) in [6.45, 7) is 10.3. The molecule has 0 aliphatic rings. The van der Waals surface area contributed by atoms with E-state index in [0.717, 1.165) is 5.57 Å². The van der Waals surface area contributed by atoms with E-state index in [1.165, 1.54) is 6.92 Å². The molecule has 10 heavy (non-hydrogen) atoms. The predicted molar refractivity (Wildman–Crippen MR) is 40.6 cm³/mol. The van der Waals surface area contributed by atoms with E-state index in [1.807, 2.05) is 0 Å². The highest BCUT2D eigenvalue weighted by Crippen LogP contribution is 2.04. The van der Waals surface area contributed by atoms with Crippen LogP contribution in [-0.4, -0.2) is 12.1 Å². The SMILES string of the molecule is C=CC(OC(C)=O)C(=C)C. The van der Waals surface area contributed by atoms with Crippen LogP contribution in [0.3, 0.4) is 0 Å². The normalized spacial score (nSPS) is 11.8. The Labute approximate surface area is 61.2 Å². The molecule has 1 atom stereocenters. The van der Waals surface area contributed by atoms with Crippen LogP contribution in [0, 0.1) is 0 Å². The van der Waals surface area contributed by atoms with Crippen LogP contribution in [0.5, 0.6) is 0 Å². The third kappa shape index (κ3) is 3.07. The maximum absolute atomic E-state index is 10.4. The molecule has 0 spiro atoms. The van der Waals surface area contributed by atoms with Gasteiger partial charge in [0.15, 0.2) is 0 Å². The molecule has 56 valence electrons. The molecule has 0 aliphatic heterocycles. The Bertz CT molecular complexity index is 159. The van der Waals surface area contributed by atoms with Crippen molar-refractivity contribution in [1.82, 2.24) is 0 Å². The van der Waals surface area contributed by atoms with Crippen LogP contribution < -0.4 is 0 Å². The van der Waals surface area contributed by atoms with Gasteiger partial charge in [-0.15, -0.1) is 0 Å². The Balaban J connectivity index is 3.96. The number of esters is 1. The second-order valence-electron chi connectivity index (χ2n) is 2.11. The maximum atomic E-state index is 10.4. The average Bonchev–Trinajstić information content (AvgIpc) is 1.81. The minimum Gasteiger partial charge on any atom is -0.454 e. The molecule has 2 nitrogen and oxygen atoms in total. The van der Waals surface area contributed by atoms with Crippen molar-refractivity contribution < 1.29 is 9.53 Å². The lowest BCUT2D eigenvalue weighted by Crippen LogP contribution is -2.13. The third-order valence-electron chi connectivity index (χ3n) is 0.993. The molecule has 0 fully saturated rings. The molecule has 0 aromatic carbocycles. The molecular formula is C8H12O2. The monoisotopic (exact) mass is 140 g/mol. The van der Waals surface area contributed by atoms with Crippen molar-refractivity contribution in [3.05, 3.63) is 24.8 Å². The molecule has 0 N–H and O–H groups in total. The first-order valence-corrected chi connectivity index (χ1v) is 3.03. The van der Waals surface area contributed by atoms with E-state index in [0.29, 0.717) is 0 Å². The molecule has 0 aromatic heterocycles. The molecule has 2 heteroatoms. The molecule has 0 amide bonds. The summed E-state index contributed by atoms with van der Waals surface area (Å²) in [7, 11) is 0. The zero-order chi connectivity index (χ0) is 8.15. The molecule has 0 bridgehead atoms. The average molecular weight is 140 g/mol. The first kappa shape index (κ1) is 8.95. The number of carbonyl (C=O) groups excluding carboxylic acids is 1. The lowest BCUT2D eigenvalue weighted by molar-refractivity contribution is -0.142. The topological polar surface area (TPSA) is 26.3 Å². The molecule has 0 saturated carbocycles. The van der Waals surface area contributed by atoms with Crippen molar-refractivity contribution in [3.63, 3.8) is 0 Å². The number of ether oxygens (including phenoxy) is 1. The lowest BCUT2D eigenvalue weighted by Gasteiger charge is -2.11. The van der Waals surface area contributed by atoms with Crippen LogP contribution in [0.25, 0.3) is 0 Å². The maximum Gasteiger partial charge on any atom is 0.303 e. The van der Waals surface area contributed by atoms with Crippen LogP contribution in [0.4, 0.5) is 0 Å². The second kappa shape index (κ2) is 3.88. The van der Waals surface area contributed by atoms with Gasteiger partial charge in [-0.1, -0.05) is 13.2 Å². The van der Waals surface area contributed by atoms with Crippen molar-refractivity contribution in [2.45, 2.75) is 20.0 Å². The summed E-state index contributed by atoms with van der Waals surface area (Å²) in [5, 5.41) is 0. The molecule has 0 aliphatic carbocycles. The van der Waals surface area contributed by atoms with Crippen molar-refractivity contribution in [2.75, 3.05) is 0 Å². The standard InChI is InChI=1S/C8H12O2/c1-5-8(6(2)3)10-7(4)9/h5,8H,1-2H2,3-4H3. The highest BCUT2D eigenvalue weighted by Gasteiger charge is 2.06. The smallest absolute Gasteiger partial charge is 0.303 e. The van der Waals surface area contributed by atoms with E-state index >= 15 is 0 Å². The third-order valence-corrected chi connectivity index (χ3v) is 0.993. The van der Waals surface area contributed by atoms with Gasteiger partial charge in [-0.05, 0) is 18.6 Å². The minimum atomic E-state index is -0.336. The lowest BCUT2D eigenvalue weighted by atomic mass is 10.2. The van der Waals surface area contributed by atoms with E-state index in [-0.39, 0.29) is 12.1 Å². The summed E-state index contributed by atoms with van der Waals surface area (Å²) in [5.41, 5.74) is 0.783. The van der Waals surface area contributed by atoms with E-state index in [1.54, 1.807) is 13.0 Å². The van der Waals surface area contributed by atoms with Gasteiger partial charge in [0.1, 0.15) is 6.10 Å². The molecular weight excluding hydrogens is 128 g/mol. The Morgan fingerprint density at radius 2 is 2.10 bits per heavy atom. The second-order valence-corrected chi connectivity index (χ2v) is 2.11. The van der Waals surface area contributed by atoms with Crippen molar-refractivity contribution in [1.29, 1.82) is 0 Å². The van der Waals surface area contributed by atoms with Crippen LogP contribution in [-0.2, 0) is 9.53 Å². The molecule has 0 rings (SSSR count). The number of rotatable bonds is 3. The zero-order valence-corrected chi connectivity index (χ0v) is 6.39. The Hall–Kier alpha value is -1.05. The van der Waals surface area contributed by atoms with Gasteiger partial charge in [-0.3, -0.25) is 4.79 Å². The Morgan fingerprint density at radius 3 is 2.20 bits per heavy atom. The highest BCUT2D eigenvalue weighted by molar-refractivity contribution is 5.66. The fraction of sp³-hybridized carbons (Fsp3) is 0.375. The van der Waals surface area contributed by atoms with Gasteiger partial charge >= 0.3 is 5.97 Å². The Kier molecular flexibility index (Phi) is 3.47. The summed E-state index contributed by atoms with van der Waals surface area (Å²) in [6, 6.07) is 0. The summed E-state index contributed by atoms with van der Waals surface area (Å²) in [6.07, 6.45) is 1.21. The predicted octanol–water partition coefficient (Wildman–Crippen LogP) is 1.68. The summed E-state index contributed by atoms with van der Waals surface area (Å²) >= 11 is 0. The zero-order valence-electron chi connectivity index (χ0n) is 6.39. The van der Waals surface area contributed by atoms with Crippen LogP contribution >= 0.6 is 0 Å². The molecule has 0 radical (unpaired) electrons. The molecule has 0 heterocycles. The Morgan fingerprint density at radius 1 is 1.60 bits per heavy atom. The quantitative estimate of drug-likeness (QED) is 0.440. The summed E-state index contributed by atoms with van der Waals surface area (Å²) in [5.74, 6) is -0.312. The van der Waals surface area contributed by atoms with Gasteiger partial charge in [-0.2, -0.15) is 0 Å². The number of hydrogen-bond donors (Lipinski definition) is 0. The molecule has 0 saturated heterocycles. The minimum absolute atomic E-state index is 0.312. The number of carbonyl (C=O) groups is 1. The van der Waals surface area contributed by atoms with Crippen molar-refractivity contribution >= 4 is 5.97 Å². The largest absolute Gasteiger partial charge is 0.454 e. The van der Waals surface area contributed by atoms with Gasteiger partial charge in [0, 0.05) is 6.92 Å². The number of hydrogen-bond acceptors (Lipinski definition) is 2. The van der Waals surface area contributed by atoms with E-state index in [4.69, 9.17) is 4.74 Å². The van der Waals surface area contributed by atoms with E-state index < -0.39 is 0 Å². The van der Waals surface area contributed by atoms with Crippen molar-refractivity contribution in [2.24, 2.45) is 0 Å². The fourth-order valence-corrected chi connectivity index (χ4v) is 0.529. The van der Waals surface area contributed by atoms with E-state index in [2.05, 4.69) is 13.2 Å². The van der Waals surface area contributed by atoms with Gasteiger partial charge in [0.25, 0.3) is 0 Å². The van der Waals surface area contributed by atoms with Crippen LogP contribution in [0.2, 0.25) is 0 Å². The first-order chi connectivity index (χ1) is 4.57. The van der Waals surface area contributed by atoms with Gasteiger partial charge in [-0.25, -0.2) is 0 Å². The van der Waals surface area contributed by atoms with Gasteiger partial charge in [0.2, 0.25) is 0 Å². The summed E-state index contributed by atoms with van der Waals surface area (Å²) in [4.78, 5) is 10.4. The first-order valence-electron chi connectivity index (χ1n) is 3.03. The van der Waals surface area contributed by atoms with Gasteiger partial charge in [0.05, 0.1) is 0 Å².